The molecule has 0 saturated heterocycles. The van der Waals surface area contributed by atoms with Crippen LogP contribution in [0, 0.1) is 0 Å². The standard InChI is InChI=1S/C18H14N6OS/c1-25-12-6-4-5-11(9-12)15-10-26-18-22-17(23-24(15)18)21-16-19-13-7-2-3-8-14(13)20-16/h2-10H,1H3,(H2,19,20,21,23). The Hall–Kier alpha value is -3.39. The summed E-state index contributed by atoms with van der Waals surface area (Å²) in [6.07, 6.45) is 0. The molecule has 0 spiro atoms. The summed E-state index contributed by atoms with van der Waals surface area (Å²) in [6.45, 7) is 0. The van der Waals surface area contributed by atoms with Crippen molar-refractivity contribution >= 4 is 39.2 Å². The van der Waals surface area contributed by atoms with Crippen LogP contribution >= 0.6 is 11.3 Å². The first-order valence-corrected chi connectivity index (χ1v) is 8.88. The van der Waals surface area contributed by atoms with Crippen LogP contribution in [0.15, 0.2) is 53.9 Å². The normalized spacial score (nSPS) is 11.3. The lowest BCUT2D eigenvalue weighted by Gasteiger charge is -2.02. The van der Waals surface area contributed by atoms with E-state index in [1.807, 2.05) is 58.4 Å². The molecule has 3 aromatic heterocycles. The van der Waals surface area contributed by atoms with Gasteiger partial charge >= 0.3 is 0 Å². The molecule has 8 heteroatoms. The Morgan fingerprint density at radius 1 is 1.12 bits per heavy atom. The van der Waals surface area contributed by atoms with E-state index in [0.717, 1.165) is 33.0 Å². The number of thiazole rings is 1. The molecule has 0 aliphatic carbocycles. The molecule has 3 heterocycles. The zero-order valence-electron chi connectivity index (χ0n) is 13.8. The van der Waals surface area contributed by atoms with E-state index < -0.39 is 0 Å². The van der Waals surface area contributed by atoms with Crippen molar-refractivity contribution in [1.29, 1.82) is 0 Å². The first-order chi connectivity index (χ1) is 12.8. The van der Waals surface area contributed by atoms with Crippen LogP contribution < -0.4 is 10.1 Å². The Morgan fingerprint density at radius 3 is 2.92 bits per heavy atom. The van der Waals surface area contributed by atoms with Crippen LogP contribution in [0.2, 0.25) is 0 Å². The predicted molar refractivity (Wildman–Crippen MR) is 102 cm³/mol. The van der Waals surface area contributed by atoms with Crippen LogP contribution in [0.3, 0.4) is 0 Å². The molecule has 0 bridgehead atoms. The molecule has 128 valence electrons. The summed E-state index contributed by atoms with van der Waals surface area (Å²) in [4.78, 5) is 13.1. The van der Waals surface area contributed by atoms with Gasteiger partial charge in [-0.3, -0.25) is 5.32 Å². The molecule has 0 aliphatic heterocycles. The van der Waals surface area contributed by atoms with E-state index in [4.69, 9.17) is 4.74 Å². The zero-order valence-corrected chi connectivity index (χ0v) is 14.6. The maximum Gasteiger partial charge on any atom is 0.250 e. The number of nitrogens with zero attached hydrogens (tertiary/aromatic N) is 4. The minimum Gasteiger partial charge on any atom is -0.497 e. The molecule has 5 rings (SSSR count). The predicted octanol–water partition coefficient (Wildman–Crippen LogP) is 4.09. The number of hydrogen-bond donors (Lipinski definition) is 2. The summed E-state index contributed by atoms with van der Waals surface area (Å²) in [5, 5.41) is 9.75. The van der Waals surface area contributed by atoms with E-state index in [-0.39, 0.29) is 0 Å². The Labute approximate surface area is 152 Å². The van der Waals surface area contributed by atoms with Crippen molar-refractivity contribution < 1.29 is 4.74 Å². The van der Waals surface area contributed by atoms with Gasteiger partial charge in [-0.25, -0.2) is 9.50 Å². The number of imidazole rings is 1. The van der Waals surface area contributed by atoms with Gasteiger partial charge in [-0.15, -0.1) is 16.4 Å². The largest absolute Gasteiger partial charge is 0.497 e. The summed E-state index contributed by atoms with van der Waals surface area (Å²) >= 11 is 1.54. The minimum absolute atomic E-state index is 0.500. The third-order valence-electron chi connectivity index (χ3n) is 4.07. The molecule has 0 saturated carbocycles. The van der Waals surface area contributed by atoms with E-state index in [9.17, 15) is 0 Å². The molecule has 0 atom stereocenters. The third-order valence-corrected chi connectivity index (χ3v) is 4.88. The number of aromatic amines is 1. The highest BCUT2D eigenvalue weighted by Crippen LogP contribution is 2.28. The monoisotopic (exact) mass is 362 g/mol. The number of fused-ring (bicyclic) bond motifs is 2. The third kappa shape index (κ3) is 2.47. The highest BCUT2D eigenvalue weighted by molar-refractivity contribution is 7.15. The first kappa shape index (κ1) is 14.9. The number of methoxy groups -OCH3 is 1. The van der Waals surface area contributed by atoms with Crippen molar-refractivity contribution in [3.63, 3.8) is 0 Å². The van der Waals surface area contributed by atoms with Crippen LogP contribution in [0.1, 0.15) is 0 Å². The molecule has 0 radical (unpaired) electrons. The minimum atomic E-state index is 0.500. The lowest BCUT2D eigenvalue weighted by molar-refractivity contribution is 0.415. The van der Waals surface area contributed by atoms with Gasteiger partial charge in [-0.05, 0) is 24.3 Å². The van der Waals surface area contributed by atoms with Crippen LogP contribution in [-0.2, 0) is 0 Å². The number of nitrogens with one attached hydrogen (secondary N) is 2. The van der Waals surface area contributed by atoms with Crippen molar-refractivity contribution in [3.05, 3.63) is 53.9 Å². The lowest BCUT2D eigenvalue weighted by Crippen LogP contribution is -1.96. The molecule has 26 heavy (non-hydrogen) atoms. The molecule has 0 unspecified atom stereocenters. The van der Waals surface area contributed by atoms with Crippen molar-refractivity contribution in [2.45, 2.75) is 0 Å². The zero-order chi connectivity index (χ0) is 17.5. The van der Waals surface area contributed by atoms with Crippen LogP contribution in [0.25, 0.3) is 27.3 Å². The van der Waals surface area contributed by atoms with Crippen LogP contribution in [-0.4, -0.2) is 31.7 Å². The molecule has 0 fully saturated rings. The molecule has 5 aromatic rings. The van der Waals surface area contributed by atoms with Gasteiger partial charge in [0.2, 0.25) is 10.9 Å². The van der Waals surface area contributed by atoms with Crippen molar-refractivity contribution in [1.82, 2.24) is 24.6 Å². The maximum absolute atomic E-state index is 5.31. The van der Waals surface area contributed by atoms with Gasteiger partial charge in [0.15, 0.2) is 0 Å². The highest BCUT2D eigenvalue weighted by atomic mass is 32.1. The van der Waals surface area contributed by atoms with Gasteiger partial charge < -0.3 is 9.72 Å². The van der Waals surface area contributed by atoms with Crippen LogP contribution in [0.5, 0.6) is 5.75 Å². The topological polar surface area (TPSA) is 80.1 Å². The fourth-order valence-corrected chi connectivity index (χ4v) is 3.66. The molecule has 0 aliphatic rings. The summed E-state index contributed by atoms with van der Waals surface area (Å²) < 4.78 is 7.14. The second-order valence-electron chi connectivity index (χ2n) is 5.71. The fraction of sp³-hybridized carbons (Fsp3) is 0.0556. The Balaban J connectivity index is 1.51. The first-order valence-electron chi connectivity index (χ1n) is 8.00. The van der Waals surface area contributed by atoms with Gasteiger partial charge in [-0.1, -0.05) is 24.3 Å². The molecule has 7 nitrogen and oxygen atoms in total. The van der Waals surface area contributed by atoms with Gasteiger partial charge in [0, 0.05) is 10.9 Å². The van der Waals surface area contributed by atoms with Gasteiger partial charge in [0.1, 0.15) is 5.75 Å². The van der Waals surface area contributed by atoms with E-state index in [1.165, 1.54) is 11.3 Å². The molecular weight excluding hydrogens is 348 g/mol. The SMILES string of the molecule is COc1cccc(-c2csc3nc(Nc4nc5ccccc5[nH]4)nn23)c1. The van der Waals surface area contributed by atoms with E-state index in [1.54, 1.807) is 7.11 Å². The number of hydrogen-bond acceptors (Lipinski definition) is 6. The number of ether oxygens (including phenoxy) is 1. The molecular formula is C18H14N6OS. The van der Waals surface area contributed by atoms with E-state index in [2.05, 4.69) is 25.4 Å². The van der Waals surface area contributed by atoms with Gasteiger partial charge in [0.05, 0.1) is 23.8 Å². The number of H-pyrrole nitrogens is 1. The molecule has 0 amide bonds. The average Bonchev–Trinajstić information content (AvgIpc) is 3.35. The van der Waals surface area contributed by atoms with Crippen molar-refractivity contribution in [3.8, 4) is 17.0 Å². The van der Waals surface area contributed by atoms with Crippen LogP contribution in [0.4, 0.5) is 11.9 Å². The number of aromatic nitrogens is 5. The second kappa shape index (κ2) is 5.85. The van der Waals surface area contributed by atoms with Crippen molar-refractivity contribution in [2.75, 3.05) is 12.4 Å². The Morgan fingerprint density at radius 2 is 2.04 bits per heavy atom. The second-order valence-corrected chi connectivity index (χ2v) is 6.55. The number of rotatable bonds is 4. The highest BCUT2D eigenvalue weighted by Gasteiger charge is 2.13. The van der Waals surface area contributed by atoms with E-state index in [0.29, 0.717) is 11.9 Å². The quantitative estimate of drug-likeness (QED) is 0.503. The summed E-state index contributed by atoms with van der Waals surface area (Å²) in [7, 11) is 1.66. The average molecular weight is 362 g/mol. The Bertz CT molecular complexity index is 1190. The Kier molecular flexibility index (Phi) is 3.36. The fourth-order valence-electron chi connectivity index (χ4n) is 2.83. The summed E-state index contributed by atoms with van der Waals surface area (Å²) in [6, 6.07) is 15.7. The summed E-state index contributed by atoms with van der Waals surface area (Å²) in [5.41, 5.74) is 3.85. The van der Waals surface area contributed by atoms with Crippen molar-refractivity contribution in [2.24, 2.45) is 0 Å². The smallest absolute Gasteiger partial charge is 0.250 e. The maximum atomic E-state index is 5.31. The molecule has 2 N–H and O–H groups in total. The van der Waals surface area contributed by atoms with Gasteiger partial charge in [-0.2, -0.15) is 4.98 Å². The van der Waals surface area contributed by atoms with E-state index >= 15 is 0 Å². The number of benzene rings is 2. The van der Waals surface area contributed by atoms with Gasteiger partial charge in [0.25, 0.3) is 5.95 Å². The molecule has 2 aromatic carbocycles. The summed E-state index contributed by atoms with van der Waals surface area (Å²) in [5.74, 6) is 1.93. The number of para-hydroxylation sites is 2. The number of anilines is 2. The lowest BCUT2D eigenvalue weighted by atomic mass is 10.2.